The highest BCUT2D eigenvalue weighted by Gasteiger charge is 2.14. The molecule has 16 heavy (non-hydrogen) atoms. The molecule has 0 bridgehead atoms. The number of carbonyl (C=O) groups excluding carboxylic acids is 1. The van der Waals surface area contributed by atoms with Gasteiger partial charge in [-0.15, -0.1) is 0 Å². The van der Waals surface area contributed by atoms with E-state index in [1.54, 1.807) is 24.3 Å². The Kier molecular flexibility index (Phi) is 4.77. The molecule has 88 valence electrons. The fourth-order valence-electron chi connectivity index (χ4n) is 1.42. The summed E-state index contributed by atoms with van der Waals surface area (Å²) in [6, 6.07) is 6.55. The first-order valence-corrected chi connectivity index (χ1v) is 5.69. The standard InChI is InChI=1S/C12H17ClN2O/c1-8(2)6-11(14)12(16)15-10-5-3-4-9(13)7-10/h3-5,7-8,11H,6,14H2,1-2H3,(H,15,16). The van der Waals surface area contributed by atoms with E-state index < -0.39 is 6.04 Å². The Morgan fingerprint density at radius 2 is 2.19 bits per heavy atom. The van der Waals surface area contributed by atoms with Crippen LogP contribution >= 0.6 is 11.6 Å². The number of halogens is 1. The summed E-state index contributed by atoms with van der Waals surface area (Å²) in [6.45, 7) is 4.07. The summed E-state index contributed by atoms with van der Waals surface area (Å²) in [4.78, 5) is 11.7. The van der Waals surface area contributed by atoms with Crippen LogP contribution in [0.15, 0.2) is 24.3 Å². The Morgan fingerprint density at radius 3 is 2.75 bits per heavy atom. The quantitative estimate of drug-likeness (QED) is 0.850. The van der Waals surface area contributed by atoms with Crippen molar-refractivity contribution in [1.82, 2.24) is 0 Å². The average molecular weight is 241 g/mol. The number of hydrogen-bond donors (Lipinski definition) is 2. The molecule has 0 aliphatic rings. The number of hydrogen-bond acceptors (Lipinski definition) is 2. The van der Waals surface area contributed by atoms with Gasteiger partial charge in [0.15, 0.2) is 0 Å². The van der Waals surface area contributed by atoms with Gasteiger partial charge in [-0.3, -0.25) is 4.79 Å². The number of nitrogens with one attached hydrogen (secondary N) is 1. The third kappa shape index (κ3) is 4.21. The maximum Gasteiger partial charge on any atom is 0.241 e. The van der Waals surface area contributed by atoms with Gasteiger partial charge in [-0.05, 0) is 30.5 Å². The van der Waals surface area contributed by atoms with E-state index in [1.165, 1.54) is 0 Å². The van der Waals surface area contributed by atoms with Crippen molar-refractivity contribution in [3.63, 3.8) is 0 Å². The fraction of sp³-hybridized carbons (Fsp3) is 0.417. The minimum atomic E-state index is -0.473. The first-order chi connectivity index (χ1) is 7.49. The SMILES string of the molecule is CC(C)CC(N)C(=O)Nc1cccc(Cl)c1. The van der Waals surface area contributed by atoms with Crippen LogP contribution in [0.5, 0.6) is 0 Å². The van der Waals surface area contributed by atoms with Crippen LogP contribution < -0.4 is 11.1 Å². The number of nitrogens with two attached hydrogens (primary N) is 1. The van der Waals surface area contributed by atoms with Gasteiger partial charge < -0.3 is 11.1 Å². The molecule has 0 aromatic heterocycles. The van der Waals surface area contributed by atoms with E-state index in [4.69, 9.17) is 17.3 Å². The Bertz CT molecular complexity index is 366. The van der Waals surface area contributed by atoms with Crippen LogP contribution in [0.4, 0.5) is 5.69 Å². The van der Waals surface area contributed by atoms with Gasteiger partial charge in [0, 0.05) is 10.7 Å². The van der Waals surface area contributed by atoms with E-state index >= 15 is 0 Å². The lowest BCUT2D eigenvalue weighted by molar-refractivity contribution is -0.117. The van der Waals surface area contributed by atoms with E-state index in [0.717, 1.165) is 0 Å². The monoisotopic (exact) mass is 240 g/mol. The molecule has 1 unspecified atom stereocenters. The Labute approximate surface area is 101 Å². The second-order valence-corrected chi connectivity index (χ2v) is 4.67. The first-order valence-electron chi connectivity index (χ1n) is 5.31. The molecule has 1 aromatic rings. The molecule has 3 nitrogen and oxygen atoms in total. The van der Waals surface area contributed by atoms with Gasteiger partial charge in [0.1, 0.15) is 0 Å². The molecule has 1 atom stereocenters. The van der Waals surface area contributed by atoms with E-state index in [-0.39, 0.29) is 5.91 Å². The van der Waals surface area contributed by atoms with E-state index in [1.807, 2.05) is 13.8 Å². The predicted octanol–water partition coefficient (Wildman–Crippen LogP) is 2.65. The zero-order valence-electron chi connectivity index (χ0n) is 9.53. The van der Waals surface area contributed by atoms with Crippen LogP contribution in [0.3, 0.4) is 0 Å². The lowest BCUT2D eigenvalue weighted by Crippen LogP contribution is -2.36. The highest BCUT2D eigenvalue weighted by molar-refractivity contribution is 6.30. The third-order valence-electron chi connectivity index (χ3n) is 2.15. The number of rotatable bonds is 4. The summed E-state index contributed by atoms with van der Waals surface area (Å²) >= 11 is 5.81. The van der Waals surface area contributed by atoms with Gasteiger partial charge in [-0.1, -0.05) is 31.5 Å². The van der Waals surface area contributed by atoms with Gasteiger partial charge in [0.05, 0.1) is 6.04 Å². The molecule has 1 rings (SSSR count). The largest absolute Gasteiger partial charge is 0.325 e. The van der Waals surface area contributed by atoms with Crippen molar-refractivity contribution in [3.05, 3.63) is 29.3 Å². The summed E-state index contributed by atoms with van der Waals surface area (Å²) in [5.74, 6) is 0.232. The molecular weight excluding hydrogens is 224 g/mol. The number of carbonyl (C=O) groups is 1. The van der Waals surface area contributed by atoms with Crippen molar-refractivity contribution in [2.45, 2.75) is 26.3 Å². The molecule has 3 N–H and O–H groups in total. The van der Waals surface area contributed by atoms with Crippen LogP contribution in [0.25, 0.3) is 0 Å². The van der Waals surface area contributed by atoms with Crippen LogP contribution in [0.2, 0.25) is 5.02 Å². The molecule has 0 aliphatic heterocycles. The van der Waals surface area contributed by atoms with Crippen molar-refractivity contribution in [2.24, 2.45) is 11.7 Å². The van der Waals surface area contributed by atoms with Crippen LogP contribution in [0.1, 0.15) is 20.3 Å². The van der Waals surface area contributed by atoms with E-state index in [9.17, 15) is 4.79 Å². The molecule has 0 heterocycles. The number of amides is 1. The molecular formula is C12H17ClN2O. The Morgan fingerprint density at radius 1 is 1.50 bits per heavy atom. The van der Waals surface area contributed by atoms with Crippen molar-refractivity contribution in [3.8, 4) is 0 Å². The van der Waals surface area contributed by atoms with Crippen molar-refractivity contribution >= 4 is 23.2 Å². The first kappa shape index (κ1) is 13.0. The molecule has 0 radical (unpaired) electrons. The van der Waals surface area contributed by atoms with Crippen molar-refractivity contribution in [2.75, 3.05) is 5.32 Å². The minimum Gasteiger partial charge on any atom is -0.325 e. The summed E-state index contributed by atoms with van der Waals surface area (Å²) in [5.41, 5.74) is 6.44. The molecule has 4 heteroatoms. The normalized spacial score (nSPS) is 12.6. The summed E-state index contributed by atoms with van der Waals surface area (Å²) in [6.07, 6.45) is 0.673. The Balaban J connectivity index is 2.57. The van der Waals surface area contributed by atoms with E-state index in [0.29, 0.717) is 23.0 Å². The zero-order chi connectivity index (χ0) is 12.1. The summed E-state index contributed by atoms with van der Waals surface area (Å²) in [5, 5.41) is 3.33. The molecule has 0 fully saturated rings. The van der Waals surface area contributed by atoms with Crippen LogP contribution in [-0.2, 0) is 4.79 Å². The molecule has 0 saturated heterocycles. The smallest absolute Gasteiger partial charge is 0.241 e. The van der Waals surface area contributed by atoms with Gasteiger partial charge >= 0.3 is 0 Å². The van der Waals surface area contributed by atoms with Gasteiger partial charge in [0.25, 0.3) is 0 Å². The molecule has 1 amide bonds. The molecule has 0 aliphatic carbocycles. The zero-order valence-corrected chi connectivity index (χ0v) is 10.3. The fourth-order valence-corrected chi connectivity index (χ4v) is 1.61. The lowest BCUT2D eigenvalue weighted by atomic mass is 10.0. The van der Waals surface area contributed by atoms with Gasteiger partial charge in [-0.2, -0.15) is 0 Å². The minimum absolute atomic E-state index is 0.170. The summed E-state index contributed by atoms with van der Waals surface area (Å²) in [7, 11) is 0. The maximum absolute atomic E-state index is 11.7. The van der Waals surface area contributed by atoms with Crippen LogP contribution in [0, 0.1) is 5.92 Å². The lowest BCUT2D eigenvalue weighted by Gasteiger charge is -2.14. The predicted molar refractivity (Wildman–Crippen MR) is 67.5 cm³/mol. The summed E-state index contributed by atoms with van der Waals surface area (Å²) < 4.78 is 0. The van der Waals surface area contributed by atoms with Crippen LogP contribution in [-0.4, -0.2) is 11.9 Å². The number of anilines is 1. The molecule has 0 saturated carbocycles. The molecule has 1 aromatic carbocycles. The third-order valence-corrected chi connectivity index (χ3v) is 2.39. The highest BCUT2D eigenvalue weighted by Crippen LogP contribution is 2.15. The van der Waals surface area contributed by atoms with E-state index in [2.05, 4.69) is 5.32 Å². The second-order valence-electron chi connectivity index (χ2n) is 4.24. The molecule has 0 spiro atoms. The van der Waals surface area contributed by atoms with Crippen molar-refractivity contribution in [1.29, 1.82) is 0 Å². The maximum atomic E-state index is 11.7. The number of benzene rings is 1. The van der Waals surface area contributed by atoms with Crippen molar-refractivity contribution < 1.29 is 4.79 Å². The van der Waals surface area contributed by atoms with Gasteiger partial charge in [0.2, 0.25) is 5.91 Å². The van der Waals surface area contributed by atoms with Gasteiger partial charge in [-0.25, -0.2) is 0 Å². The Hall–Kier alpha value is -1.06. The highest BCUT2D eigenvalue weighted by atomic mass is 35.5. The topological polar surface area (TPSA) is 55.1 Å². The second kappa shape index (κ2) is 5.87. The average Bonchev–Trinajstić information content (AvgIpc) is 2.16.